The van der Waals surface area contributed by atoms with Gasteiger partial charge < -0.3 is 5.73 Å². The maximum absolute atomic E-state index is 13.0. The largest absolute Gasteiger partial charge is 0.324 e. The smallest absolute Gasteiger partial charge is 0.124 e. The zero-order chi connectivity index (χ0) is 13.1. The van der Waals surface area contributed by atoms with Crippen LogP contribution in [0.15, 0.2) is 45.5 Å². The first-order chi connectivity index (χ1) is 8.56. The van der Waals surface area contributed by atoms with Crippen molar-refractivity contribution in [2.24, 2.45) is 5.73 Å². The van der Waals surface area contributed by atoms with Crippen molar-refractivity contribution in [3.05, 3.63) is 62.5 Å². The first-order valence-electron chi connectivity index (χ1n) is 5.37. The second-order valence-electron chi connectivity index (χ2n) is 3.94. The number of halogens is 3. The molecule has 1 unspecified atom stereocenters. The Hall–Kier alpha value is -0.780. The van der Waals surface area contributed by atoms with Gasteiger partial charge >= 0.3 is 0 Å². The van der Waals surface area contributed by atoms with Gasteiger partial charge in [0.05, 0.1) is 0 Å². The van der Waals surface area contributed by atoms with Gasteiger partial charge in [-0.2, -0.15) is 0 Å². The average Bonchev–Trinajstić information content (AvgIpc) is 2.32. The molecule has 1 heterocycles. The Kier molecular flexibility index (Phi) is 4.48. The van der Waals surface area contributed by atoms with Gasteiger partial charge in [0.2, 0.25) is 0 Å². The van der Waals surface area contributed by atoms with Gasteiger partial charge in [0.1, 0.15) is 5.82 Å². The minimum absolute atomic E-state index is 0.214. The second kappa shape index (κ2) is 5.91. The van der Waals surface area contributed by atoms with Crippen LogP contribution in [-0.4, -0.2) is 4.98 Å². The van der Waals surface area contributed by atoms with Crippen LogP contribution < -0.4 is 5.73 Å². The molecule has 1 aromatic carbocycles. The maximum Gasteiger partial charge on any atom is 0.124 e. The minimum Gasteiger partial charge on any atom is -0.324 e. The molecule has 2 N–H and O–H groups in total. The third-order valence-corrected chi connectivity index (χ3v) is 3.74. The highest BCUT2D eigenvalue weighted by Gasteiger charge is 2.12. The molecule has 2 rings (SSSR count). The van der Waals surface area contributed by atoms with Crippen LogP contribution >= 0.6 is 31.9 Å². The third-order valence-electron chi connectivity index (χ3n) is 2.58. The fourth-order valence-electron chi connectivity index (χ4n) is 1.66. The Morgan fingerprint density at radius 3 is 2.61 bits per heavy atom. The number of rotatable bonds is 3. The predicted octanol–water partition coefficient (Wildman–Crippen LogP) is 3.99. The summed E-state index contributed by atoms with van der Waals surface area (Å²) in [4.78, 5) is 4.27. The van der Waals surface area contributed by atoms with Gasteiger partial charge in [0, 0.05) is 33.3 Å². The maximum atomic E-state index is 13.0. The van der Waals surface area contributed by atoms with Gasteiger partial charge in [-0.1, -0.05) is 22.0 Å². The van der Waals surface area contributed by atoms with Crippen LogP contribution in [-0.2, 0) is 6.42 Å². The summed E-state index contributed by atoms with van der Waals surface area (Å²) in [6.07, 6.45) is 2.35. The van der Waals surface area contributed by atoms with E-state index in [2.05, 4.69) is 36.8 Å². The van der Waals surface area contributed by atoms with E-state index in [0.717, 1.165) is 15.7 Å². The molecule has 1 aromatic heterocycles. The number of pyridine rings is 1. The number of aromatic nitrogens is 1. The Morgan fingerprint density at radius 2 is 2.00 bits per heavy atom. The molecule has 0 radical (unpaired) electrons. The standard InChI is InChI=1S/C13H11Br2FN2/c14-8-1-3-10(18-7-8)6-13(17)11-4-2-9(16)5-12(11)15/h1-5,7,13H,6,17H2. The molecule has 18 heavy (non-hydrogen) atoms. The molecule has 1 atom stereocenters. The van der Waals surface area contributed by atoms with Crippen LogP contribution in [0.3, 0.4) is 0 Å². The predicted molar refractivity (Wildman–Crippen MR) is 76.7 cm³/mol. The van der Waals surface area contributed by atoms with Gasteiger partial charge in [0.25, 0.3) is 0 Å². The monoisotopic (exact) mass is 372 g/mol. The molecule has 0 aliphatic rings. The molecule has 0 aliphatic carbocycles. The molecule has 2 aromatic rings. The van der Waals surface area contributed by atoms with Crippen molar-refractivity contribution in [3.63, 3.8) is 0 Å². The van der Waals surface area contributed by atoms with Crippen molar-refractivity contribution in [2.45, 2.75) is 12.5 Å². The molecule has 0 spiro atoms. The number of nitrogens with zero attached hydrogens (tertiary/aromatic N) is 1. The first kappa shape index (κ1) is 13.6. The summed E-state index contributed by atoms with van der Waals surface area (Å²) in [5, 5.41) is 0. The van der Waals surface area contributed by atoms with Crippen LogP contribution in [0.4, 0.5) is 4.39 Å². The summed E-state index contributed by atoms with van der Waals surface area (Å²) in [6.45, 7) is 0. The van der Waals surface area contributed by atoms with Crippen molar-refractivity contribution in [3.8, 4) is 0 Å². The molecule has 94 valence electrons. The molecule has 0 fully saturated rings. The quantitative estimate of drug-likeness (QED) is 0.883. The van der Waals surface area contributed by atoms with Crippen molar-refractivity contribution >= 4 is 31.9 Å². The van der Waals surface area contributed by atoms with E-state index in [1.165, 1.54) is 12.1 Å². The van der Waals surface area contributed by atoms with Gasteiger partial charge in [0.15, 0.2) is 0 Å². The number of hydrogen-bond donors (Lipinski definition) is 1. The normalized spacial score (nSPS) is 12.4. The van der Waals surface area contributed by atoms with Crippen LogP contribution in [0.5, 0.6) is 0 Å². The zero-order valence-electron chi connectivity index (χ0n) is 9.41. The van der Waals surface area contributed by atoms with Crippen molar-refractivity contribution < 1.29 is 4.39 Å². The molecule has 0 saturated heterocycles. The van der Waals surface area contributed by atoms with Gasteiger partial charge in [-0.05, 0) is 45.8 Å². The fraction of sp³-hybridized carbons (Fsp3) is 0.154. The van der Waals surface area contributed by atoms with Crippen LogP contribution in [0.2, 0.25) is 0 Å². The van der Waals surface area contributed by atoms with E-state index in [0.29, 0.717) is 10.9 Å². The highest BCUT2D eigenvalue weighted by Crippen LogP contribution is 2.25. The molecule has 2 nitrogen and oxygen atoms in total. The van der Waals surface area contributed by atoms with E-state index >= 15 is 0 Å². The molecular formula is C13H11Br2FN2. The Labute approximate surface area is 122 Å². The zero-order valence-corrected chi connectivity index (χ0v) is 12.6. The fourth-order valence-corrected chi connectivity index (χ4v) is 2.54. The van der Waals surface area contributed by atoms with E-state index in [-0.39, 0.29) is 11.9 Å². The number of hydrogen-bond acceptors (Lipinski definition) is 2. The Balaban J connectivity index is 2.16. The van der Waals surface area contributed by atoms with Crippen LogP contribution in [0.25, 0.3) is 0 Å². The summed E-state index contributed by atoms with van der Waals surface area (Å²) in [7, 11) is 0. The van der Waals surface area contributed by atoms with E-state index in [9.17, 15) is 4.39 Å². The third kappa shape index (κ3) is 3.37. The molecule has 5 heteroatoms. The summed E-state index contributed by atoms with van der Waals surface area (Å²) < 4.78 is 14.6. The Bertz CT molecular complexity index is 543. The summed E-state index contributed by atoms with van der Waals surface area (Å²) in [6, 6.07) is 8.16. The highest BCUT2D eigenvalue weighted by atomic mass is 79.9. The van der Waals surface area contributed by atoms with Crippen LogP contribution in [0.1, 0.15) is 17.3 Å². The van der Waals surface area contributed by atoms with E-state index in [1.54, 1.807) is 12.3 Å². The van der Waals surface area contributed by atoms with Gasteiger partial charge in [-0.15, -0.1) is 0 Å². The summed E-state index contributed by atoms with van der Waals surface area (Å²) in [5.74, 6) is -0.278. The topological polar surface area (TPSA) is 38.9 Å². The van der Waals surface area contributed by atoms with E-state index in [1.807, 2.05) is 12.1 Å². The molecule has 0 bridgehead atoms. The van der Waals surface area contributed by atoms with Crippen molar-refractivity contribution in [1.82, 2.24) is 4.98 Å². The lowest BCUT2D eigenvalue weighted by atomic mass is 10.0. The van der Waals surface area contributed by atoms with Gasteiger partial charge in [-0.3, -0.25) is 4.98 Å². The first-order valence-corrected chi connectivity index (χ1v) is 6.96. The number of nitrogens with two attached hydrogens (primary N) is 1. The van der Waals surface area contributed by atoms with Crippen molar-refractivity contribution in [2.75, 3.05) is 0 Å². The summed E-state index contributed by atoms with van der Waals surface area (Å²) in [5.41, 5.74) is 7.89. The van der Waals surface area contributed by atoms with E-state index < -0.39 is 0 Å². The summed E-state index contributed by atoms with van der Waals surface area (Å²) >= 11 is 6.66. The number of benzene rings is 1. The second-order valence-corrected chi connectivity index (χ2v) is 5.71. The lowest BCUT2D eigenvalue weighted by Crippen LogP contribution is -2.14. The molecule has 0 saturated carbocycles. The molecular weight excluding hydrogens is 363 g/mol. The van der Waals surface area contributed by atoms with Crippen LogP contribution in [0, 0.1) is 5.82 Å². The lowest BCUT2D eigenvalue weighted by molar-refractivity contribution is 0.622. The van der Waals surface area contributed by atoms with Gasteiger partial charge in [-0.25, -0.2) is 4.39 Å². The average molecular weight is 374 g/mol. The van der Waals surface area contributed by atoms with Crippen molar-refractivity contribution in [1.29, 1.82) is 0 Å². The Morgan fingerprint density at radius 1 is 1.22 bits per heavy atom. The molecule has 0 aliphatic heterocycles. The minimum atomic E-state index is -0.278. The van der Waals surface area contributed by atoms with E-state index in [4.69, 9.17) is 5.73 Å². The highest BCUT2D eigenvalue weighted by molar-refractivity contribution is 9.10. The lowest BCUT2D eigenvalue weighted by Gasteiger charge is -2.13. The SMILES string of the molecule is NC(Cc1ccc(Br)cn1)c1ccc(F)cc1Br. The molecule has 0 amide bonds.